The lowest BCUT2D eigenvalue weighted by Crippen LogP contribution is -2.30. The third kappa shape index (κ3) is 1.79. The molecule has 1 fully saturated rings. The maximum Gasteiger partial charge on any atom is 0.0209 e. The predicted molar refractivity (Wildman–Crippen MR) is 71.9 cm³/mol. The van der Waals surface area contributed by atoms with Gasteiger partial charge in [-0.3, -0.25) is 0 Å². The van der Waals surface area contributed by atoms with Crippen molar-refractivity contribution in [3.8, 4) is 0 Å². The third-order valence-electron chi connectivity index (χ3n) is 4.18. The molecule has 3 rings (SSSR count). The summed E-state index contributed by atoms with van der Waals surface area (Å²) in [6.07, 6.45) is 13.1. The first-order chi connectivity index (χ1) is 8.42. The van der Waals surface area contributed by atoms with E-state index in [1.54, 1.807) is 0 Å². The Balaban J connectivity index is 2.05. The average Bonchev–Trinajstić information content (AvgIpc) is 2.95. The van der Waals surface area contributed by atoms with Crippen molar-refractivity contribution in [2.75, 3.05) is 0 Å². The van der Waals surface area contributed by atoms with E-state index in [0.29, 0.717) is 0 Å². The normalized spacial score (nSPS) is 21.5. The molecule has 0 aromatic heterocycles. The van der Waals surface area contributed by atoms with Crippen molar-refractivity contribution >= 4 is 0 Å². The van der Waals surface area contributed by atoms with Crippen LogP contribution >= 0.6 is 0 Å². The van der Waals surface area contributed by atoms with Gasteiger partial charge in [0.05, 0.1) is 0 Å². The monoisotopic (exact) mass is 222 g/mol. The van der Waals surface area contributed by atoms with Crippen LogP contribution in [0.3, 0.4) is 0 Å². The highest BCUT2D eigenvalue weighted by Crippen LogP contribution is 2.45. The van der Waals surface area contributed by atoms with E-state index in [0.717, 1.165) is 0 Å². The lowest BCUT2D eigenvalue weighted by Gasteiger charge is -2.38. The van der Waals surface area contributed by atoms with Gasteiger partial charge in [-0.1, -0.05) is 49.6 Å². The van der Waals surface area contributed by atoms with Gasteiger partial charge in [-0.05, 0) is 42.2 Å². The molecular weight excluding hydrogens is 204 g/mol. The Hall–Kier alpha value is -1.52. The van der Waals surface area contributed by atoms with E-state index in [-0.39, 0.29) is 5.41 Å². The highest BCUT2D eigenvalue weighted by molar-refractivity contribution is 5.46. The molecule has 2 aliphatic rings. The standard InChI is InChI=1S/C17H18/c1-3-9-15(10-4-1)17(13-7-2-8-14-17)16-11-5-6-12-16/h1,3-5,9-12H,2,7-8,13-14H2. The van der Waals surface area contributed by atoms with E-state index in [1.165, 1.54) is 43.2 Å². The van der Waals surface area contributed by atoms with Crippen LogP contribution in [-0.4, -0.2) is 0 Å². The first-order valence-electron chi connectivity index (χ1n) is 6.61. The van der Waals surface area contributed by atoms with Gasteiger partial charge >= 0.3 is 0 Å². The molecule has 0 bridgehead atoms. The zero-order valence-electron chi connectivity index (χ0n) is 10.2. The van der Waals surface area contributed by atoms with Gasteiger partial charge in [0.15, 0.2) is 0 Å². The highest BCUT2D eigenvalue weighted by Gasteiger charge is 2.36. The van der Waals surface area contributed by atoms with Crippen LogP contribution in [0.5, 0.6) is 0 Å². The number of hydrogen-bond acceptors (Lipinski definition) is 0. The van der Waals surface area contributed by atoms with Crippen molar-refractivity contribution in [2.45, 2.75) is 37.5 Å². The molecule has 0 aliphatic heterocycles. The second-order valence-electron chi connectivity index (χ2n) is 5.11. The van der Waals surface area contributed by atoms with Gasteiger partial charge in [0.2, 0.25) is 0 Å². The lowest BCUT2D eigenvalue weighted by atomic mass is 9.65. The fourth-order valence-corrected chi connectivity index (χ4v) is 3.28. The van der Waals surface area contributed by atoms with Gasteiger partial charge in [0.25, 0.3) is 0 Å². The zero-order chi connectivity index (χ0) is 11.6. The Morgan fingerprint density at radius 2 is 1.71 bits per heavy atom. The Morgan fingerprint density at radius 3 is 2.35 bits per heavy atom. The average molecular weight is 222 g/mol. The third-order valence-corrected chi connectivity index (χ3v) is 4.18. The van der Waals surface area contributed by atoms with E-state index in [2.05, 4.69) is 54.3 Å². The number of hydrogen-bond donors (Lipinski definition) is 0. The molecule has 0 heteroatoms. The molecule has 0 nitrogen and oxygen atoms in total. The topological polar surface area (TPSA) is 0 Å². The molecule has 1 saturated carbocycles. The summed E-state index contributed by atoms with van der Waals surface area (Å²) in [5, 5.41) is 0. The summed E-state index contributed by atoms with van der Waals surface area (Å²) in [5.41, 5.74) is 6.43. The van der Waals surface area contributed by atoms with Crippen molar-refractivity contribution < 1.29 is 0 Å². The molecule has 2 aliphatic carbocycles. The van der Waals surface area contributed by atoms with Gasteiger partial charge in [0.1, 0.15) is 0 Å². The Morgan fingerprint density at radius 1 is 0.941 bits per heavy atom. The minimum atomic E-state index is 0.263. The van der Waals surface area contributed by atoms with Crippen LogP contribution in [0.15, 0.2) is 59.9 Å². The van der Waals surface area contributed by atoms with Crippen LogP contribution in [0, 0.1) is 0 Å². The van der Waals surface area contributed by atoms with Gasteiger partial charge in [-0.25, -0.2) is 0 Å². The smallest absolute Gasteiger partial charge is 0.0209 e. The Bertz CT molecular complexity index is 478. The first-order valence-corrected chi connectivity index (χ1v) is 6.61. The molecule has 0 N–H and O–H groups in total. The van der Waals surface area contributed by atoms with Crippen molar-refractivity contribution in [1.82, 2.24) is 0 Å². The zero-order valence-corrected chi connectivity index (χ0v) is 10.2. The molecule has 0 spiro atoms. The van der Waals surface area contributed by atoms with Gasteiger partial charge in [0, 0.05) is 5.41 Å². The Kier molecular flexibility index (Phi) is 2.74. The van der Waals surface area contributed by atoms with E-state index in [9.17, 15) is 0 Å². The maximum atomic E-state index is 3.22. The minimum Gasteiger partial charge on any atom is -0.120 e. The van der Waals surface area contributed by atoms with Crippen LogP contribution in [0.25, 0.3) is 0 Å². The van der Waals surface area contributed by atoms with Crippen LogP contribution < -0.4 is 0 Å². The SMILES string of the molecule is C1=CC=C(C2(c3ccccc3)CCCCC2)C=1. The summed E-state index contributed by atoms with van der Waals surface area (Å²) in [5.74, 6) is 0. The van der Waals surface area contributed by atoms with Crippen LogP contribution in [-0.2, 0) is 5.41 Å². The van der Waals surface area contributed by atoms with Crippen LogP contribution in [0.1, 0.15) is 37.7 Å². The van der Waals surface area contributed by atoms with Crippen LogP contribution in [0.2, 0.25) is 0 Å². The maximum absolute atomic E-state index is 3.22. The fraction of sp³-hybridized carbons (Fsp3) is 0.353. The summed E-state index contributed by atoms with van der Waals surface area (Å²) in [6.45, 7) is 0. The van der Waals surface area contributed by atoms with E-state index in [4.69, 9.17) is 0 Å². The molecule has 17 heavy (non-hydrogen) atoms. The molecule has 0 saturated heterocycles. The summed E-state index contributed by atoms with van der Waals surface area (Å²) >= 11 is 0. The second kappa shape index (κ2) is 4.39. The van der Waals surface area contributed by atoms with Gasteiger partial charge in [-0.2, -0.15) is 0 Å². The van der Waals surface area contributed by atoms with Crippen molar-refractivity contribution in [3.63, 3.8) is 0 Å². The molecule has 1 aromatic rings. The number of allylic oxidation sites excluding steroid dienone is 3. The molecule has 0 radical (unpaired) electrons. The van der Waals surface area contributed by atoms with E-state index < -0.39 is 0 Å². The van der Waals surface area contributed by atoms with Crippen molar-refractivity contribution in [1.29, 1.82) is 0 Å². The molecule has 0 heterocycles. The summed E-state index contributed by atoms with van der Waals surface area (Å²) in [6, 6.07) is 11.0. The summed E-state index contributed by atoms with van der Waals surface area (Å²) in [4.78, 5) is 0. The summed E-state index contributed by atoms with van der Waals surface area (Å²) in [7, 11) is 0. The first kappa shape index (κ1) is 10.6. The van der Waals surface area contributed by atoms with Crippen LogP contribution in [0.4, 0.5) is 0 Å². The van der Waals surface area contributed by atoms with E-state index >= 15 is 0 Å². The molecule has 86 valence electrons. The molecule has 0 unspecified atom stereocenters. The van der Waals surface area contributed by atoms with Gasteiger partial charge in [-0.15, -0.1) is 5.73 Å². The fourth-order valence-electron chi connectivity index (χ4n) is 3.28. The quantitative estimate of drug-likeness (QED) is 0.644. The largest absolute Gasteiger partial charge is 0.120 e. The minimum absolute atomic E-state index is 0.263. The predicted octanol–water partition coefficient (Wildman–Crippen LogP) is 4.54. The molecule has 0 atom stereocenters. The van der Waals surface area contributed by atoms with Crippen molar-refractivity contribution in [3.05, 3.63) is 65.4 Å². The lowest BCUT2D eigenvalue weighted by molar-refractivity contribution is 0.345. The number of rotatable bonds is 2. The molecule has 1 aromatic carbocycles. The number of benzene rings is 1. The summed E-state index contributed by atoms with van der Waals surface area (Å²) < 4.78 is 0. The van der Waals surface area contributed by atoms with Gasteiger partial charge < -0.3 is 0 Å². The second-order valence-corrected chi connectivity index (χ2v) is 5.11. The van der Waals surface area contributed by atoms with E-state index in [1.807, 2.05) is 0 Å². The van der Waals surface area contributed by atoms with Crippen molar-refractivity contribution in [2.24, 2.45) is 0 Å². The Labute approximate surface area is 103 Å². The highest BCUT2D eigenvalue weighted by atomic mass is 14.4. The molecular formula is C17H18. The molecule has 0 amide bonds.